The van der Waals surface area contributed by atoms with E-state index in [4.69, 9.17) is 5.26 Å². The Labute approximate surface area is 115 Å². The summed E-state index contributed by atoms with van der Waals surface area (Å²) in [5.74, 6) is 1.40. The van der Waals surface area contributed by atoms with Crippen molar-refractivity contribution in [3.63, 3.8) is 0 Å². The molecular formula is C14H14N6. The Balaban J connectivity index is 1.74. The first-order valence-corrected chi connectivity index (χ1v) is 6.88. The predicted molar refractivity (Wildman–Crippen MR) is 75.4 cm³/mol. The lowest BCUT2D eigenvalue weighted by molar-refractivity contribution is 0.744. The lowest BCUT2D eigenvalue weighted by Gasteiger charge is -2.09. The van der Waals surface area contributed by atoms with Crippen LogP contribution < -0.4 is 5.32 Å². The normalized spacial score (nSPS) is 15.9. The summed E-state index contributed by atoms with van der Waals surface area (Å²) in [5, 5.41) is 15.6. The Morgan fingerprint density at radius 2 is 2.15 bits per heavy atom. The summed E-state index contributed by atoms with van der Waals surface area (Å²) in [4.78, 5) is 8.92. The van der Waals surface area contributed by atoms with Crippen LogP contribution in [0.15, 0.2) is 18.2 Å². The van der Waals surface area contributed by atoms with Crippen molar-refractivity contribution < 1.29 is 0 Å². The Morgan fingerprint density at radius 1 is 1.30 bits per heavy atom. The van der Waals surface area contributed by atoms with Gasteiger partial charge in [0, 0.05) is 6.04 Å². The summed E-state index contributed by atoms with van der Waals surface area (Å²) in [5.41, 5.74) is 2.34. The van der Waals surface area contributed by atoms with E-state index < -0.39 is 0 Å². The number of fused-ring (bicyclic) bond motifs is 3. The molecule has 1 aliphatic carbocycles. The van der Waals surface area contributed by atoms with Gasteiger partial charge in [-0.25, -0.2) is 9.50 Å². The largest absolute Gasteiger partial charge is 0.352 e. The number of nitrogens with zero attached hydrogens (tertiary/aromatic N) is 4. The van der Waals surface area contributed by atoms with Crippen LogP contribution in [-0.2, 0) is 0 Å². The molecule has 1 saturated carbocycles. The minimum atomic E-state index is 0.516. The number of aromatic nitrogens is 4. The second-order valence-electron chi connectivity index (χ2n) is 5.26. The van der Waals surface area contributed by atoms with Crippen LogP contribution in [-0.4, -0.2) is 25.6 Å². The average molecular weight is 266 g/mol. The van der Waals surface area contributed by atoms with Gasteiger partial charge in [0.1, 0.15) is 0 Å². The van der Waals surface area contributed by atoms with Gasteiger partial charge >= 0.3 is 0 Å². The SMILES string of the molecule is N#Cc1ccc2c(c1)nc1nc(NC3CCCC3)[nH]n12. The van der Waals surface area contributed by atoms with Gasteiger partial charge in [-0.3, -0.25) is 5.10 Å². The predicted octanol–water partition coefficient (Wildman–Crippen LogP) is 2.44. The average Bonchev–Trinajstić information content (AvgIpc) is 3.14. The first-order valence-electron chi connectivity index (χ1n) is 6.88. The summed E-state index contributed by atoms with van der Waals surface area (Å²) in [7, 11) is 0. The number of anilines is 1. The van der Waals surface area contributed by atoms with Crippen LogP contribution in [0.3, 0.4) is 0 Å². The minimum Gasteiger partial charge on any atom is -0.352 e. The molecule has 2 heterocycles. The van der Waals surface area contributed by atoms with Crippen LogP contribution >= 0.6 is 0 Å². The molecule has 1 fully saturated rings. The lowest BCUT2D eigenvalue weighted by atomic mass is 10.2. The fourth-order valence-corrected chi connectivity index (χ4v) is 2.88. The third kappa shape index (κ3) is 1.71. The maximum absolute atomic E-state index is 8.91. The molecule has 6 heteroatoms. The molecule has 0 radical (unpaired) electrons. The molecule has 2 N–H and O–H groups in total. The van der Waals surface area contributed by atoms with E-state index in [-0.39, 0.29) is 0 Å². The summed E-state index contributed by atoms with van der Waals surface area (Å²) >= 11 is 0. The van der Waals surface area contributed by atoms with Crippen molar-refractivity contribution in [1.29, 1.82) is 5.26 Å². The topological polar surface area (TPSA) is 81.8 Å². The van der Waals surface area contributed by atoms with Gasteiger partial charge in [0.05, 0.1) is 22.7 Å². The number of benzene rings is 1. The van der Waals surface area contributed by atoms with E-state index in [2.05, 4.69) is 26.5 Å². The van der Waals surface area contributed by atoms with Crippen molar-refractivity contribution in [1.82, 2.24) is 19.6 Å². The number of rotatable bonds is 2. The van der Waals surface area contributed by atoms with Crippen LogP contribution in [0.1, 0.15) is 31.2 Å². The highest BCUT2D eigenvalue weighted by atomic mass is 15.4. The van der Waals surface area contributed by atoms with Gasteiger partial charge in [-0.1, -0.05) is 12.8 Å². The van der Waals surface area contributed by atoms with Gasteiger partial charge in [0.15, 0.2) is 0 Å². The summed E-state index contributed by atoms with van der Waals surface area (Å²) < 4.78 is 1.85. The zero-order valence-electron chi connectivity index (χ0n) is 10.9. The Bertz CT molecular complexity index is 815. The van der Waals surface area contributed by atoms with E-state index in [1.165, 1.54) is 25.7 Å². The highest BCUT2D eigenvalue weighted by Gasteiger charge is 2.17. The lowest BCUT2D eigenvalue weighted by Crippen LogP contribution is -2.15. The van der Waals surface area contributed by atoms with Crippen LogP contribution in [0.25, 0.3) is 16.8 Å². The fourth-order valence-electron chi connectivity index (χ4n) is 2.88. The minimum absolute atomic E-state index is 0.516. The van der Waals surface area contributed by atoms with E-state index in [1.807, 2.05) is 10.6 Å². The molecule has 6 nitrogen and oxygen atoms in total. The van der Waals surface area contributed by atoms with Crippen molar-refractivity contribution in [3.05, 3.63) is 23.8 Å². The molecule has 0 unspecified atom stereocenters. The van der Waals surface area contributed by atoms with Gasteiger partial charge < -0.3 is 5.32 Å². The number of hydrogen-bond acceptors (Lipinski definition) is 4. The smallest absolute Gasteiger partial charge is 0.253 e. The third-order valence-electron chi connectivity index (χ3n) is 3.89. The van der Waals surface area contributed by atoms with E-state index in [0.717, 1.165) is 17.0 Å². The maximum atomic E-state index is 8.91. The number of nitriles is 1. The first kappa shape index (κ1) is 11.3. The molecule has 0 aliphatic heterocycles. The van der Waals surface area contributed by atoms with E-state index in [1.54, 1.807) is 12.1 Å². The number of hydrogen-bond donors (Lipinski definition) is 2. The van der Waals surface area contributed by atoms with Crippen molar-refractivity contribution in [2.75, 3.05) is 5.32 Å². The number of imidazole rings is 1. The zero-order chi connectivity index (χ0) is 13.5. The second kappa shape index (κ2) is 4.23. The molecule has 0 amide bonds. The van der Waals surface area contributed by atoms with Crippen molar-refractivity contribution in [3.8, 4) is 6.07 Å². The van der Waals surface area contributed by atoms with E-state index >= 15 is 0 Å². The molecule has 0 saturated heterocycles. The molecule has 1 aliphatic rings. The van der Waals surface area contributed by atoms with Crippen molar-refractivity contribution in [2.24, 2.45) is 0 Å². The molecule has 2 aromatic heterocycles. The molecule has 20 heavy (non-hydrogen) atoms. The fraction of sp³-hybridized carbons (Fsp3) is 0.357. The number of aromatic amines is 1. The number of H-pyrrole nitrogens is 1. The first-order chi connectivity index (χ1) is 9.83. The molecule has 0 atom stereocenters. The van der Waals surface area contributed by atoms with Crippen LogP contribution in [0.5, 0.6) is 0 Å². The number of nitrogens with one attached hydrogen (secondary N) is 2. The summed E-state index contributed by atoms with van der Waals surface area (Å²) in [6.45, 7) is 0. The monoisotopic (exact) mass is 266 g/mol. The van der Waals surface area contributed by atoms with Gasteiger partial charge in [-0.2, -0.15) is 10.2 Å². The second-order valence-corrected chi connectivity index (χ2v) is 5.26. The summed E-state index contributed by atoms with van der Waals surface area (Å²) in [6.07, 6.45) is 4.98. The summed E-state index contributed by atoms with van der Waals surface area (Å²) in [6, 6.07) is 8.11. The molecule has 0 spiro atoms. The van der Waals surface area contributed by atoms with Gasteiger partial charge in [-0.15, -0.1) is 0 Å². The standard InChI is InChI=1S/C14H14N6/c15-8-9-5-6-12-11(7-9)17-14-18-13(19-20(12)14)16-10-3-1-2-4-10/h5-7,10H,1-4H2,(H2,16,17,18,19). The van der Waals surface area contributed by atoms with Gasteiger partial charge in [0.25, 0.3) is 5.78 Å². The van der Waals surface area contributed by atoms with Crippen LogP contribution in [0.4, 0.5) is 5.95 Å². The van der Waals surface area contributed by atoms with Gasteiger partial charge in [0.2, 0.25) is 5.95 Å². The molecular weight excluding hydrogens is 252 g/mol. The van der Waals surface area contributed by atoms with Crippen LogP contribution in [0, 0.1) is 11.3 Å². The molecule has 3 aromatic rings. The molecule has 0 bridgehead atoms. The molecule has 100 valence electrons. The maximum Gasteiger partial charge on any atom is 0.253 e. The van der Waals surface area contributed by atoms with Crippen LogP contribution in [0.2, 0.25) is 0 Å². The Kier molecular flexibility index (Phi) is 2.39. The van der Waals surface area contributed by atoms with E-state index in [9.17, 15) is 0 Å². The Hall–Kier alpha value is -2.55. The van der Waals surface area contributed by atoms with Crippen molar-refractivity contribution in [2.45, 2.75) is 31.7 Å². The zero-order valence-corrected chi connectivity index (χ0v) is 10.9. The Morgan fingerprint density at radius 3 is 2.95 bits per heavy atom. The highest BCUT2D eigenvalue weighted by molar-refractivity contribution is 5.80. The van der Waals surface area contributed by atoms with Gasteiger partial charge in [-0.05, 0) is 31.0 Å². The van der Waals surface area contributed by atoms with E-state index in [0.29, 0.717) is 17.4 Å². The molecule has 1 aromatic carbocycles. The third-order valence-corrected chi connectivity index (χ3v) is 3.89. The quantitative estimate of drug-likeness (QED) is 0.746. The van der Waals surface area contributed by atoms with Crippen molar-refractivity contribution >= 4 is 22.8 Å². The molecule has 4 rings (SSSR count). The highest BCUT2D eigenvalue weighted by Crippen LogP contribution is 2.22.